The average Bonchev–Trinajstić information content (AvgIpc) is 3.29. The number of carbonyl (C=O) groups excluding carboxylic acids is 3. The van der Waals surface area contributed by atoms with Crippen LogP contribution in [0.25, 0.3) is 0 Å². The molecule has 0 rings (SSSR count). The second-order valence-electron chi connectivity index (χ2n) is 18.1. The van der Waals surface area contributed by atoms with Crippen molar-refractivity contribution in [2.24, 2.45) is 0 Å². The predicted molar refractivity (Wildman–Crippen MR) is 275 cm³/mol. The van der Waals surface area contributed by atoms with Crippen molar-refractivity contribution in [1.29, 1.82) is 0 Å². The molecular formula is C58H102O6. The number of hydrogen-bond acceptors (Lipinski definition) is 6. The van der Waals surface area contributed by atoms with Crippen LogP contribution in [0.5, 0.6) is 0 Å². The predicted octanol–water partition coefficient (Wildman–Crippen LogP) is 18.0. The van der Waals surface area contributed by atoms with E-state index >= 15 is 0 Å². The molecule has 0 aromatic heterocycles. The van der Waals surface area contributed by atoms with Gasteiger partial charge in [0.1, 0.15) is 13.2 Å². The first kappa shape index (κ1) is 61.1. The number of unbranched alkanes of at least 4 members (excludes halogenated alkanes) is 28. The van der Waals surface area contributed by atoms with Crippen LogP contribution >= 0.6 is 0 Å². The van der Waals surface area contributed by atoms with E-state index in [0.717, 1.165) is 103 Å². The maximum absolute atomic E-state index is 12.8. The van der Waals surface area contributed by atoms with Crippen LogP contribution in [-0.2, 0) is 28.6 Å². The standard InChI is InChI=1S/C58H102O6/c1-4-7-10-13-16-19-22-25-28-29-30-31-34-36-39-42-45-48-51-57(60)63-54-55(64-58(61)52-49-46-43-40-37-33-27-24-21-18-15-12-9-6-3)53-62-56(59)50-47-44-41-38-35-32-26-23-20-17-14-11-8-5-2/h15,18-19,22-24,26-29,55H,4-14,16-17,20-21,25,30-54H2,1-3H3/b18-15-,22-19-,26-23-,27-24-,29-28-. The molecule has 370 valence electrons. The Morgan fingerprint density at radius 2 is 0.578 bits per heavy atom. The molecule has 0 bridgehead atoms. The number of carbonyl (C=O) groups is 3. The summed E-state index contributed by atoms with van der Waals surface area (Å²) in [6.45, 7) is 6.56. The maximum Gasteiger partial charge on any atom is 0.306 e. The SMILES string of the molecule is CCCC/C=C\C/C=C\CCCCCCCC(=O)OC(COC(=O)CCCCCCC/C=C\CCCCCCC)COC(=O)CCCCCCCCC/C=C\C/C=C\CCCCCC. The Bertz CT molecular complexity index is 1170. The Kier molecular flexibility index (Phi) is 50.4. The molecule has 0 heterocycles. The Morgan fingerprint density at radius 1 is 0.312 bits per heavy atom. The maximum atomic E-state index is 12.8. The highest BCUT2D eigenvalue weighted by Crippen LogP contribution is 2.14. The zero-order valence-corrected chi connectivity index (χ0v) is 42.3. The first-order valence-electron chi connectivity index (χ1n) is 27.3. The normalized spacial score (nSPS) is 12.5. The lowest BCUT2D eigenvalue weighted by molar-refractivity contribution is -0.167. The summed E-state index contributed by atoms with van der Waals surface area (Å²) in [5.74, 6) is -0.910. The van der Waals surface area contributed by atoms with Crippen molar-refractivity contribution in [2.75, 3.05) is 13.2 Å². The van der Waals surface area contributed by atoms with Gasteiger partial charge in [0.2, 0.25) is 0 Å². The van der Waals surface area contributed by atoms with Crippen LogP contribution in [-0.4, -0.2) is 37.2 Å². The minimum absolute atomic E-state index is 0.0863. The topological polar surface area (TPSA) is 78.9 Å². The summed E-state index contributed by atoms with van der Waals surface area (Å²) in [6, 6.07) is 0. The van der Waals surface area contributed by atoms with Crippen LogP contribution in [0.2, 0.25) is 0 Å². The smallest absolute Gasteiger partial charge is 0.306 e. The number of rotatable bonds is 49. The summed E-state index contributed by atoms with van der Waals surface area (Å²) in [6.07, 6.45) is 64.8. The lowest BCUT2D eigenvalue weighted by atomic mass is 10.1. The largest absolute Gasteiger partial charge is 0.462 e. The van der Waals surface area contributed by atoms with E-state index in [9.17, 15) is 14.4 Å². The zero-order valence-electron chi connectivity index (χ0n) is 42.3. The van der Waals surface area contributed by atoms with Crippen molar-refractivity contribution in [1.82, 2.24) is 0 Å². The molecule has 0 aromatic rings. The molecule has 0 aliphatic carbocycles. The van der Waals surface area contributed by atoms with Gasteiger partial charge in [-0.15, -0.1) is 0 Å². The molecule has 0 fully saturated rings. The third kappa shape index (κ3) is 50.1. The van der Waals surface area contributed by atoms with E-state index in [-0.39, 0.29) is 31.1 Å². The van der Waals surface area contributed by atoms with Gasteiger partial charge in [-0.3, -0.25) is 14.4 Å². The van der Waals surface area contributed by atoms with Crippen LogP contribution in [0.1, 0.15) is 271 Å². The fourth-order valence-corrected chi connectivity index (χ4v) is 7.54. The minimum Gasteiger partial charge on any atom is -0.462 e. The molecule has 0 aliphatic rings. The average molecular weight is 895 g/mol. The second kappa shape index (κ2) is 52.7. The van der Waals surface area contributed by atoms with E-state index in [1.54, 1.807) is 0 Å². The van der Waals surface area contributed by atoms with Crippen molar-refractivity contribution in [3.8, 4) is 0 Å². The molecule has 0 spiro atoms. The van der Waals surface area contributed by atoms with E-state index in [4.69, 9.17) is 14.2 Å². The van der Waals surface area contributed by atoms with Gasteiger partial charge in [0.15, 0.2) is 6.10 Å². The highest BCUT2D eigenvalue weighted by atomic mass is 16.6. The van der Waals surface area contributed by atoms with Crippen LogP contribution in [0.3, 0.4) is 0 Å². The lowest BCUT2D eigenvalue weighted by Crippen LogP contribution is -2.30. The molecule has 0 aromatic carbocycles. The van der Waals surface area contributed by atoms with E-state index in [0.29, 0.717) is 19.3 Å². The molecule has 0 amide bonds. The highest BCUT2D eigenvalue weighted by molar-refractivity contribution is 5.71. The van der Waals surface area contributed by atoms with Gasteiger partial charge in [0, 0.05) is 19.3 Å². The summed E-state index contributed by atoms with van der Waals surface area (Å²) in [7, 11) is 0. The van der Waals surface area contributed by atoms with Crippen molar-refractivity contribution in [2.45, 2.75) is 277 Å². The molecule has 0 N–H and O–H groups in total. The van der Waals surface area contributed by atoms with E-state index in [2.05, 4.69) is 81.5 Å². The fraction of sp³-hybridized carbons (Fsp3) is 0.776. The molecule has 0 saturated heterocycles. The second-order valence-corrected chi connectivity index (χ2v) is 18.1. The number of esters is 3. The molecule has 1 unspecified atom stereocenters. The van der Waals surface area contributed by atoms with Gasteiger partial charge in [0.05, 0.1) is 0 Å². The van der Waals surface area contributed by atoms with Crippen LogP contribution in [0.4, 0.5) is 0 Å². The molecule has 0 radical (unpaired) electrons. The third-order valence-corrected chi connectivity index (χ3v) is 11.7. The molecule has 0 aliphatic heterocycles. The van der Waals surface area contributed by atoms with Gasteiger partial charge in [-0.25, -0.2) is 0 Å². The van der Waals surface area contributed by atoms with Gasteiger partial charge in [0.25, 0.3) is 0 Å². The van der Waals surface area contributed by atoms with Crippen molar-refractivity contribution >= 4 is 17.9 Å². The molecule has 64 heavy (non-hydrogen) atoms. The monoisotopic (exact) mass is 895 g/mol. The van der Waals surface area contributed by atoms with E-state index < -0.39 is 6.10 Å². The molecule has 6 nitrogen and oxygen atoms in total. The van der Waals surface area contributed by atoms with Gasteiger partial charge < -0.3 is 14.2 Å². The van der Waals surface area contributed by atoms with Gasteiger partial charge >= 0.3 is 17.9 Å². The number of allylic oxidation sites excluding steroid dienone is 10. The molecule has 1 atom stereocenters. The summed E-state index contributed by atoms with van der Waals surface area (Å²) in [5, 5.41) is 0. The summed E-state index contributed by atoms with van der Waals surface area (Å²) >= 11 is 0. The van der Waals surface area contributed by atoms with Crippen molar-refractivity contribution < 1.29 is 28.6 Å². The summed E-state index contributed by atoms with van der Waals surface area (Å²) in [4.78, 5) is 38.0. The van der Waals surface area contributed by atoms with Crippen LogP contribution in [0, 0.1) is 0 Å². The van der Waals surface area contributed by atoms with Crippen molar-refractivity contribution in [3.05, 3.63) is 60.8 Å². The number of hydrogen-bond donors (Lipinski definition) is 0. The third-order valence-electron chi connectivity index (χ3n) is 11.7. The number of ether oxygens (including phenoxy) is 3. The van der Waals surface area contributed by atoms with E-state index in [1.165, 1.54) is 128 Å². The zero-order chi connectivity index (χ0) is 46.5. The Labute approximate surface area is 396 Å². The summed E-state index contributed by atoms with van der Waals surface area (Å²) in [5.41, 5.74) is 0. The lowest BCUT2D eigenvalue weighted by Gasteiger charge is -2.18. The molecule has 6 heteroatoms. The van der Waals surface area contributed by atoms with Gasteiger partial charge in [-0.1, -0.05) is 210 Å². The van der Waals surface area contributed by atoms with Crippen LogP contribution in [0.15, 0.2) is 60.8 Å². The van der Waals surface area contributed by atoms with Crippen LogP contribution < -0.4 is 0 Å². The first-order valence-corrected chi connectivity index (χ1v) is 27.3. The minimum atomic E-state index is -0.787. The molecule has 0 saturated carbocycles. The Hall–Kier alpha value is -2.89. The Balaban J connectivity index is 4.40. The summed E-state index contributed by atoms with van der Waals surface area (Å²) < 4.78 is 16.8. The van der Waals surface area contributed by atoms with Crippen molar-refractivity contribution in [3.63, 3.8) is 0 Å². The van der Waals surface area contributed by atoms with Gasteiger partial charge in [-0.05, 0) is 103 Å². The van der Waals surface area contributed by atoms with E-state index in [1.807, 2.05) is 0 Å². The highest BCUT2D eigenvalue weighted by Gasteiger charge is 2.19. The molecular weight excluding hydrogens is 793 g/mol. The Morgan fingerprint density at radius 3 is 0.938 bits per heavy atom. The quantitative estimate of drug-likeness (QED) is 0.0262. The first-order chi connectivity index (χ1) is 31.5. The van der Waals surface area contributed by atoms with Gasteiger partial charge in [-0.2, -0.15) is 0 Å². The fourth-order valence-electron chi connectivity index (χ4n) is 7.54.